The Hall–Kier alpha value is -2.06. The average molecular weight is 330 g/mol. The number of ether oxygens (including phenoxy) is 1. The number of nitrogens with zero attached hydrogens (tertiary/aromatic N) is 6. The van der Waals surface area contributed by atoms with Gasteiger partial charge in [-0.25, -0.2) is 9.97 Å². The number of hydrogen-bond acceptors (Lipinski definition) is 8. The zero-order chi connectivity index (χ0) is 16.5. The Labute approximate surface area is 140 Å². The summed E-state index contributed by atoms with van der Waals surface area (Å²) >= 11 is 0. The van der Waals surface area contributed by atoms with Crippen molar-refractivity contribution in [2.45, 2.75) is 19.3 Å². The van der Waals surface area contributed by atoms with E-state index in [1.54, 1.807) is 6.20 Å². The zero-order valence-electron chi connectivity index (χ0n) is 14.1. The first-order chi connectivity index (χ1) is 11.7. The zero-order valence-corrected chi connectivity index (χ0v) is 14.1. The fraction of sp³-hybridized carbons (Fsp3) is 0.625. The molecule has 128 valence electrons. The predicted molar refractivity (Wildman–Crippen MR) is 87.9 cm³/mol. The van der Waals surface area contributed by atoms with Crippen LogP contribution in [-0.4, -0.2) is 71.4 Å². The van der Waals surface area contributed by atoms with Crippen molar-refractivity contribution in [3.8, 4) is 11.5 Å². The Morgan fingerprint density at radius 1 is 1.17 bits per heavy atom. The normalized spacial score (nSPS) is 22.2. The molecule has 2 saturated heterocycles. The van der Waals surface area contributed by atoms with Crippen molar-refractivity contribution < 1.29 is 9.26 Å². The maximum atomic E-state index is 5.43. The van der Waals surface area contributed by atoms with Crippen molar-refractivity contribution in [2.75, 3.05) is 51.3 Å². The van der Waals surface area contributed by atoms with Crippen molar-refractivity contribution in [3.63, 3.8) is 0 Å². The molecule has 8 nitrogen and oxygen atoms in total. The summed E-state index contributed by atoms with van der Waals surface area (Å²) in [6.45, 7) is 7.33. The molecule has 2 aliphatic rings. The summed E-state index contributed by atoms with van der Waals surface area (Å²) in [6.07, 6.45) is 2.73. The smallest absolute Gasteiger partial charge is 0.261 e. The van der Waals surface area contributed by atoms with Gasteiger partial charge in [0.15, 0.2) is 5.82 Å². The number of hydrogen-bond donors (Lipinski definition) is 0. The highest BCUT2D eigenvalue weighted by molar-refractivity contribution is 5.56. The Morgan fingerprint density at radius 2 is 2.00 bits per heavy atom. The van der Waals surface area contributed by atoms with Gasteiger partial charge >= 0.3 is 0 Å². The van der Waals surface area contributed by atoms with Gasteiger partial charge in [0.05, 0.1) is 17.9 Å². The van der Waals surface area contributed by atoms with Crippen LogP contribution in [0.4, 0.5) is 5.95 Å². The minimum absolute atomic E-state index is 0.230. The van der Waals surface area contributed by atoms with E-state index in [0.29, 0.717) is 18.3 Å². The van der Waals surface area contributed by atoms with Crippen LogP contribution in [0.5, 0.6) is 0 Å². The quantitative estimate of drug-likeness (QED) is 0.827. The summed E-state index contributed by atoms with van der Waals surface area (Å²) < 4.78 is 10.8. The topological polar surface area (TPSA) is 80.4 Å². The van der Waals surface area contributed by atoms with E-state index in [2.05, 4.69) is 37.0 Å². The summed E-state index contributed by atoms with van der Waals surface area (Å²) in [5.74, 6) is 2.20. The molecule has 24 heavy (non-hydrogen) atoms. The standard InChI is InChI=1S/C16H22N6O2/c1-11-13(15-19-14(20-24-15)12-3-8-23-10-12)9-17-16(18-11)22-6-4-21(2)5-7-22/h9,12H,3-8,10H2,1-2H3. The number of rotatable bonds is 3. The van der Waals surface area contributed by atoms with E-state index < -0.39 is 0 Å². The van der Waals surface area contributed by atoms with Gasteiger partial charge in [0.1, 0.15) is 0 Å². The van der Waals surface area contributed by atoms with Crippen molar-refractivity contribution in [2.24, 2.45) is 0 Å². The second-order valence-electron chi connectivity index (χ2n) is 6.48. The molecule has 4 heterocycles. The van der Waals surface area contributed by atoms with Crippen LogP contribution in [0, 0.1) is 6.92 Å². The van der Waals surface area contributed by atoms with Gasteiger partial charge in [0, 0.05) is 44.9 Å². The molecule has 2 aliphatic heterocycles. The van der Waals surface area contributed by atoms with E-state index in [1.807, 2.05) is 6.92 Å². The molecule has 0 radical (unpaired) electrons. The molecule has 1 unspecified atom stereocenters. The Balaban J connectivity index is 1.53. The summed E-state index contributed by atoms with van der Waals surface area (Å²) in [7, 11) is 2.13. The van der Waals surface area contributed by atoms with Crippen molar-refractivity contribution in [3.05, 3.63) is 17.7 Å². The van der Waals surface area contributed by atoms with E-state index >= 15 is 0 Å². The molecule has 8 heteroatoms. The van der Waals surface area contributed by atoms with Crippen LogP contribution in [0.15, 0.2) is 10.7 Å². The third kappa shape index (κ3) is 2.99. The van der Waals surface area contributed by atoms with Crippen LogP contribution >= 0.6 is 0 Å². The Morgan fingerprint density at radius 3 is 2.71 bits per heavy atom. The van der Waals surface area contributed by atoms with Gasteiger partial charge in [-0.15, -0.1) is 0 Å². The lowest BCUT2D eigenvalue weighted by molar-refractivity contribution is 0.192. The number of likely N-dealkylation sites (N-methyl/N-ethyl adjacent to an activating group) is 1. The second-order valence-corrected chi connectivity index (χ2v) is 6.48. The highest BCUT2D eigenvalue weighted by Crippen LogP contribution is 2.27. The van der Waals surface area contributed by atoms with Crippen molar-refractivity contribution in [1.29, 1.82) is 0 Å². The van der Waals surface area contributed by atoms with Gasteiger partial charge in [-0.2, -0.15) is 4.98 Å². The fourth-order valence-electron chi connectivity index (χ4n) is 3.07. The van der Waals surface area contributed by atoms with Crippen LogP contribution < -0.4 is 4.90 Å². The predicted octanol–water partition coefficient (Wildman–Crippen LogP) is 1.09. The van der Waals surface area contributed by atoms with Crippen molar-refractivity contribution in [1.82, 2.24) is 25.0 Å². The van der Waals surface area contributed by atoms with Crippen LogP contribution in [0.3, 0.4) is 0 Å². The second kappa shape index (κ2) is 6.45. The summed E-state index contributed by atoms with van der Waals surface area (Å²) in [4.78, 5) is 18.2. The van der Waals surface area contributed by atoms with Gasteiger partial charge in [0.25, 0.3) is 5.89 Å². The molecule has 0 bridgehead atoms. The number of aryl methyl sites for hydroxylation is 1. The van der Waals surface area contributed by atoms with Gasteiger partial charge in [-0.1, -0.05) is 5.16 Å². The molecule has 4 rings (SSSR count). The number of aromatic nitrogens is 4. The van der Waals surface area contributed by atoms with E-state index in [9.17, 15) is 0 Å². The first-order valence-corrected chi connectivity index (χ1v) is 8.39. The molecular weight excluding hydrogens is 308 g/mol. The molecule has 2 aromatic heterocycles. The molecule has 0 aliphatic carbocycles. The Bertz CT molecular complexity index is 704. The van der Waals surface area contributed by atoms with Gasteiger partial charge in [0.2, 0.25) is 5.95 Å². The summed E-state index contributed by atoms with van der Waals surface area (Å²) in [6, 6.07) is 0. The molecule has 2 aromatic rings. The summed E-state index contributed by atoms with van der Waals surface area (Å²) in [5.41, 5.74) is 1.65. The van der Waals surface area contributed by atoms with Gasteiger partial charge < -0.3 is 19.1 Å². The molecule has 2 fully saturated rings. The third-order valence-corrected chi connectivity index (χ3v) is 4.72. The van der Waals surface area contributed by atoms with E-state index in [-0.39, 0.29) is 5.92 Å². The van der Waals surface area contributed by atoms with E-state index in [4.69, 9.17) is 9.26 Å². The number of anilines is 1. The van der Waals surface area contributed by atoms with E-state index in [0.717, 1.165) is 56.4 Å². The highest BCUT2D eigenvalue weighted by Gasteiger charge is 2.24. The molecule has 1 atom stereocenters. The van der Waals surface area contributed by atoms with Crippen LogP contribution in [-0.2, 0) is 4.74 Å². The SMILES string of the molecule is Cc1nc(N2CCN(C)CC2)ncc1-c1nc(C2CCOC2)no1. The molecular formula is C16H22N6O2. The first kappa shape index (κ1) is 15.5. The lowest BCUT2D eigenvalue weighted by Gasteiger charge is -2.32. The van der Waals surface area contributed by atoms with Crippen LogP contribution in [0.1, 0.15) is 23.9 Å². The first-order valence-electron chi connectivity index (χ1n) is 8.39. The Kier molecular flexibility index (Phi) is 4.15. The maximum absolute atomic E-state index is 5.43. The average Bonchev–Trinajstić information content (AvgIpc) is 3.27. The minimum Gasteiger partial charge on any atom is -0.381 e. The monoisotopic (exact) mass is 330 g/mol. The van der Waals surface area contributed by atoms with Crippen LogP contribution in [0.25, 0.3) is 11.5 Å². The largest absolute Gasteiger partial charge is 0.381 e. The minimum atomic E-state index is 0.230. The summed E-state index contributed by atoms with van der Waals surface area (Å²) in [5, 5.41) is 4.10. The molecule has 0 spiro atoms. The number of piperazine rings is 1. The lowest BCUT2D eigenvalue weighted by Crippen LogP contribution is -2.45. The van der Waals surface area contributed by atoms with E-state index in [1.165, 1.54) is 0 Å². The third-order valence-electron chi connectivity index (χ3n) is 4.72. The molecule has 0 saturated carbocycles. The lowest BCUT2D eigenvalue weighted by atomic mass is 10.1. The fourth-order valence-corrected chi connectivity index (χ4v) is 3.07. The van der Waals surface area contributed by atoms with Gasteiger partial charge in [-0.05, 0) is 20.4 Å². The highest BCUT2D eigenvalue weighted by atomic mass is 16.5. The molecule has 0 aromatic carbocycles. The molecule has 0 amide bonds. The maximum Gasteiger partial charge on any atom is 0.261 e. The van der Waals surface area contributed by atoms with Crippen LogP contribution in [0.2, 0.25) is 0 Å². The van der Waals surface area contributed by atoms with Crippen molar-refractivity contribution >= 4 is 5.95 Å². The molecule has 0 N–H and O–H groups in total. The van der Waals surface area contributed by atoms with Gasteiger partial charge in [-0.3, -0.25) is 0 Å².